The summed E-state index contributed by atoms with van der Waals surface area (Å²) < 4.78 is 23.5. The van der Waals surface area contributed by atoms with E-state index in [1.54, 1.807) is 0 Å². The van der Waals surface area contributed by atoms with E-state index < -0.39 is 6.80 Å². The molecule has 1 rings (SSSR count). The Hall–Kier alpha value is 0.0200. The van der Waals surface area contributed by atoms with Gasteiger partial charge >= 0.3 is 6.80 Å². The lowest BCUT2D eigenvalue weighted by Crippen LogP contribution is -2.29. The van der Waals surface area contributed by atoms with Gasteiger partial charge in [0.05, 0.1) is 24.5 Å². The van der Waals surface area contributed by atoms with Gasteiger partial charge in [-0.15, -0.1) is 0 Å². The van der Waals surface area contributed by atoms with Gasteiger partial charge in [-0.3, -0.25) is 13.9 Å². The molecule has 6 heteroatoms. The van der Waals surface area contributed by atoms with Crippen molar-refractivity contribution in [1.82, 2.24) is 4.90 Å². The number of hydrogen-bond donors (Lipinski definition) is 0. The molecule has 0 amide bonds. The van der Waals surface area contributed by atoms with Gasteiger partial charge < -0.3 is 0 Å². The molecular weight excluding hydrogens is 305 g/mol. The van der Waals surface area contributed by atoms with Gasteiger partial charge in [0, 0.05) is 0 Å². The standard InChI is InChI=1S/C15H28NO3PS/c1-14(2)18-20(17,19-15(3)4)21-13-9-8-12-16-10-6-5-7-11-16/h14-15H,5-7,10-13H2,1-4H3. The van der Waals surface area contributed by atoms with Crippen LogP contribution in [0.4, 0.5) is 0 Å². The highest BCUT2D eigenvalue weighted by Gasteiger charge is 2.28. The number of likely N-dealkylation sites (tertiary alicyclic amines) is 1. The van der Waals surface area contributed by atoms with Gasteiger partial charge in [-0.05, 0) is 65.0 Å². The quantitative estimate of drug-likeness (QED) is 0.516. The number of hydrogen-bond acceptors (Lipinski definition) is 5. The van der Waals surface area contributed by atoms with Gasteiger partial charge in [0.25, 0.3) is 0 Å². The molecule has 1 aliphatic rings. The van der Waals surface area contributed by atoms with Crippen LogP contribution in [0.2, 0.25) is 0 Å². The average molecular weight is 333 g/mol. The lowest BCUT2D eigenvalue weighted by atomic mass is 10.1. The third-order valence-electron chi connectivity index (χ3n) is 2.85. The number of rotatable bonds is 7. The second-order valence-electron chi connectivity index (χ2n) is 5.72. The summed E-state index contributed by atoms with van der Waals surface area (Å²) in [6.07, 6.45) is 3.64. The Morgan fingerprint density at radius 2 is 1.62 bits per heavy atom. The molecule has 1 heterocycles. The van der Waals surface area contributed by atoms with E-state index in [4.69, 9.17) is 9.05 Å². The highest BCUT2D eigenvalue weighted by molar-refractivity contribution is 8.55. The van der Waals surface area contributed by atoms with Gasteiger partial charge in [0.15, 0.2) is 0 Å². The smallest absolute Gasteiger partial charge is 0.298 e. The molecule has 122 valence electrons. The summed E-state index contributed by atoms with van der Waals surface area (Å²) in [7, 11) is 0. The van der Waals surface area contributed by atoms with Gasteiger partial charge in [0.2, 0.25) is 0 Å². The van der Waals surface area contributed by atoms with Crippen molar-refractivity contribution in [3.05, 3.63) is 0 Å². The van der Waals surface area contributed by atoms with Crippen LogP contribution in [-0.2, 0) is 13.6 Å². The Morgan fingerprint density at radius 3 is 2.14 bits per heavy atom. The van der Waals surface area contributed by atoms with Gasteiger partial charge in [0.1, 0.15) is 0 Å². The molecule has 0 aliphatic carbocycles. The van der Waals surface area contributed by atoms with Crippen LogP contribution in [0.3, 0.4) is 0 Å². The maximum atomic E-state index is 12.5. The maximum Gasteiger partial charge on any atom is 0.390 e. The number of piperidine rings is 1. The summed E-state index contributed by atoms with van der Waals surface area (Å²) in [5, 5.41) is 0. The first kappa shape index (κ1) is 19.1. The highest BCUT2D eigenvalue weighted by Crippen LogP contribution is 2.61. The second kappa shape index (κ2) is 9.92. The van der Waals surface area contributed by atoms with E-state index >= 15 is 0 Å². The minimum atomic E-state index is -3.10. The molecule has 0 bridgehead atoms. The number of nitrogens with zero attached hydrogens (tertiary/aromatic N) is 1. The molecule has 1 aliphatic heterocycles. The fraction of sp³-hybridized carbons (Fsp3) is 0.867. The molecule has 21 heavy (non-hydrogen) atoms. The topological polar surface area (TPSA) is 38.8 Å². The van der Waals surface area contributed by atoms with Crippen molar-refractivity contribution in [1.29, 1.82) is 0 Å². The summed E-state index contributed by atoms with van der Waals surface area (Å²) in [6.45, 7) is 7.44. The van der Waals surface area contributed by atoms with Crippen molar-refractivity contribution in [2.45, 2.75) is 59.2 Å². The third kappa shape index (κ3) is 8.90. The summed E-state index contributed by atoms with van der Waals surface area (Å²) in [5.41, 5.74) is 0. The zero-order valence-corrected chi connectivity index (χ0v) is 15.3. The monoisotopic (exact) mass is 333 g/mol. The minimum Gasteiger partial charge on any atom is -0.298 e. The van der Waals surface area contributed by atoms with Crippen LogP contribution in [0.1, 0.15) is 47.0 Å². The van der Waals surface area contributed by atoms with Crippen LogP contribution >= 0.6 is 18.2 Å². The Bertz CT molecular complexity index is 383. The second-order valence-corrected chi connectivity index (χ2v) is 9.70. The van der Waals surface area contributed by atoms with Crippen LogP contribution in [0, 0.1) is 11.8 Å². The van der Waals surface area contributed by atoms with Crippen molar-refractivity contribution in [3.8, 4) is 11.8 Å². The van der Waals surface area contributed by atoms with Crippen LogP contribution < -0.4 is 0 Å². The first-order chi connectivity index (χ1) is 9.91. The van der Waals surface area contributed by atoms with Crippen molar-refractivity contribution in [2.24, 2.45) is 0 Å². The largest absolute Gasteiger partial charge is 0.390 e. The van der Waals surface area contributed by atoms with E-state index in [1.807, 2.05) is 27.7 Å². The van der Waals surface area contributed by atoms with E-state index in [-0.39, 0.29) is 12.2 Å². The van der Waals surface area contributed by atoms with Crippen LogP contribution in [-0.4, -0.2) is 42.5 Å². The van der Waals surface area contributed by atoms with Crippen molar-refractivity contribution in [3.63, 3.8) is 0 Å². The molecule has 0 saturated carbocycles. The van der Waals surface area contributed by atoms with Crippen LogP contribution in [0.5, 0.6) is 0 Å². The molecule has 0 unspecified atom stereocenters. The molecule has 0 atom stereocenters. The van der Waals surface area contributed by atoms with E-state index in [0.717, 1.165) is 19.6 Å². The van der Waals surface area contributed by atoms with Crippen molar-refractivity contribution < 1.29 is 13.6 Å². The Labute approximate surface area is 133 Å². The Balaban J connectivity index is 2.37. The molecule has 0 aromatic carbocycles. The molecule has 0 spiro atoms. The molecule has 0 aromatic heterocycles. The minimum absolute atomic E-state index is 0.122. The van der Waals surface area contributed by atoms with Gasteiger partial charge in [-0.1, -0.05) is 18.3 Å². The summed E-state index contributed by atoms with van der Waals surface area (Å²) >= 11 is 1.19. The first-order valence-corrected chi connectivity index (χ1v) is 10.8. The van der Waals surface area contributed by atoms with Crippen molar-refractivity contribution >= 4 is 18.2 Å². The van der Waals surface area contributed by atoms with E-state index in [0.29, 0.717) is 5.75 Å². The molecule has 1 fully saturated rings. The highest BCUT2D eigenvalue weighted by atomic mass is 32.7. The molecule has 0 aromatic rings. The lowest BCUT2D eigenvalue weighted by molar-refractivity contribution is 0.156. The average Bonchev–Trinajstić information content (AvgIpc) is 2.37. The summed E-state index contributed by atoms with van der Waals surface area (Å²) in [4.78, 5) is 2.37. The SMILES string of the molecule is CC(C)OP(=O)(OC(C)C)SCC#CCN1CCCCC1. The van der Waals surface area contributed by atoms with E-state index in [9.17, 15) is 4.57 Å². The summed E-state index contributed by atoms with van der Waals surface area (Å²) in [6, 6.07) is 0. The molecule has 0 N–H and O–H groups in total. The van der Waals surface area contributed by atoms with E-state index in [2.05, 4.69) is 16.7 Å². The molecule has 0 radical (unpaired) electrons. The third-order valence-corrected chi connectivity index (χ3v) is 6.65. The molecule has 1 saturated heterocycles. The first-order valence-electron chi connectivity index (χ1n) is 7.71. The predicted octanol–water partition coefficient (Wildman–Crippen LogP) is 4.17. The van der Waals surface area contributed by atoms with Crippen LogP contribution in [0.15, 0.2) is 0 Å². The van der Waals surface area contributed by atoms with Gasteiger partial charge in [-0.2, -0.15) is 0 Å². The fourth-order valence-electron chi connectivity index (χ4n) is 2.05. The maximum absolute atomic E-state index is 12.5. The normalized spacial score (nSPS) is 17.0. The lowest BCUT2D eigenvalue weighted by Gasteiger charge is -2.23. The molecular formula is C15H28NO3PS. The van der Waals surface area contributed by atoms with Crippen LogP contribution in [0.25, 0.3) is 0 Å². The fourth-order valence-corrected chi connectivity index (χ4v) is 5.64. The Kier molecular flexibility index (Phi) is 9.01. The van der Waals surface area contributed by atoms with Gasteiger partial charge in [-0.25, -0.2) is 4.57 Å². The van der Waals surface area contributed by atoms with Crippen molar-refractivity contribution in [2.75, 3.05) is 25.4 Å². The zero-order valence-electron chi connectivity index (χ0n) is 13.6. The Morgan fingerprint density at radius 1 is 1.05 bits per heavy atom. The molecule has 4 nitrogen and oxygen atoms in total. The van der Waals surface area contributed by atoms with E-state index in [1.165, 1.54) is 30.6 Å². The zero-order chi connectivity index (χ0) is 15.7. The predicted molar refractivity (Wildman–Crippen MR) is 90.6 cm³/mol. The summed E-state index contributed by atoms with van der Waals surface area (Å²) in [5.74, 6) is 6.71.